The zero-order valence-electron chi connectivity index (χ0n) is 15.0. The molecule has 29 heavy (non-hydrogen) atoms. The summed E-state index contributed by atoms with van der Waals surface area (Å²) in [6.07, 6.45) is 1.41. The third-order valence-electron chi connectivity index (χ3n) is 4.24. The lowest BCUT2D eigenvalue weighted by Gasteiger charge is -2.49. The number of carboxylic acids is 1. The zero-order chi connectivity index (χ0) is 20.5. The molecular weight excluding hydrogens is 422 g/mol. The van der Waals surface area contributed by atoms with Gasteiger partial charge in [-0.1, -0.05) is 16.9 Å². The van der Waals surface area contributed by atoms with Crippen molar-refractivity contribution in [1.29, 1.82) is 0 Å². The largest absolute Gasteiger partial charge is 0.477 e. The van der Waals surface area contributed by atoms with Crippen LogP contribution in [0.2, 0.25) is 0 Å². The fraction of sp³-hybridized carbons (Fsp3) is 0.400. The van der Waals surface area contributed by atoms with Crippen LogP contribution in [-0.2, 0) is 20.8 Å². The number of nitrogens with zero attached hydrogens (tertiary/aromatic N) is 5. The number of H-pyrrole nitrogens is 1. The lowest BCUT2D eigenvalue weighted by molar-refractivity contribution is -0.150. The van der Waals surface area contributed by atoms with Crippen LogP contribution in [0.4, 0.5) is 0 Å². The van der Waals surface area contributed by atoms with Crippen LogP contribution in [0.25, 0.3) is 0 Å². The highest BCUT2D eigenvalue weighted by Crippen LogP contribution is 2.41. The number of hydrogen-bond donors (Lipinski definition) is 3. The molecule has 2 aromatic rings. The smallest absolute Gasteiger partial charge is 0.352 e. The Kier molecular flexibility index (Phi) is 5.27. The lowest BCUT2D eigenvalue weighted by Crippen LogP contribution is -2.70. The van der Waals surface area contributed by atoms with Crippen LogP contribution in [-0.4, -0.2) is 76.3 Å². The van der Waals surface area contributed by atoms with E-state index in [1.165, 1.54) is 34.6 Å². The number of β-lactam (4-membered cyclic amide) rings is 1. The molecule has 1 saturated heterocycles. The maximum absolute atomic E-state index is 12.6. The first-order valence-corrected chi connectivity index (χ1v) is 10.4. The number of aromatic amines is 1. The van der Waals surface area contributed by atoms with Gasteiger partial charge in [-0.15, -0.1) is 16.9 Å². The molecular formula is C15H15N7O5S2. The molecule has 2 aliphatic heterocycles. The molecule has 4 heterocycles. The Morgan fingerprint density at radius 2 is 2.34 bits per heavy atom. The maximum atomic E-state index is 12.6. The summed E-state index contributed by atoms with van der Waals surface area (Å²) >= 11 is 2.73. The zero-order valence-corrected chi connectivity index (χ0v) is 16.6. The standard InChI is InChI=1S/C15H15N7O5S2/c1-6-17-8(20-27-6)2-9(23)18-11-13(24)22-12(15(25)26)7(5-29-14(11)22)4-28-10-3-16-21-19-10/h3,11,14H,2,4-5H2,1H3,(H,18,23)(H,25,26)(H,16,19,21). The van der Waals surface area contributed by atoms with E-state index in [1.54, 1.807) is 6.92 Å². The summed E-state index contributed by atoms with van der Waals surface area (Å²) < 4.78 is 4.82. The lowest BCUT2D eigenvalue weighted by atomic mass is 10.0. The van der Waals surface area contributed by atoms with E-state index >= 15 is 0 Å². The minimum atomic E-state index is -1.17. The van der Waals surface area contributed by atoms with E-state index in [1.807, 2.05) is 0 Å². The molecule has 0 spiro atoms. The molecule has 0 saturated carbocycles. The van der Waals surface area contributed by atoms with Gasteiger partial charge in [-0.2, -0.15) is 15.3 Å². The highest BCUT2D eigenvalue weighted by molar-refractivity contribution is 8.01. The van der Waals surface area contributed by atoms with Crippen molar-refractivity contribution in [2.75, 3.05) is 11.5 Å². The first-order valence-electron chi connectivity index (χ1n) is 8.41. The minimum absolute atomic E-state index is 0.0333. The number of hydrogen-bond acceptors (Lipinski definition) is 10. The Bertz CT molecular complexity index is 989. The highest BCUT2D eigenvalue weighted by atomic mass is 32.2. The fourth-order valence-electron chi connectivity index (χ4n) is 3.00. The van der Waals surface area contributed by atoms with Crippen LogP contribution in [0.5, 0.6) is 0 Å². The third kappa shape index (κ3) is 3.85. The van der Waals surface area contributed by atoms with E-state index in [4.69, 9.17) is 4.52 Å². The summed E-state index contributed by atoms with van der Waals surface area (Å²) in [5.41, 5.74) is 0.584. The van der Waals surface area contributed by atoms with E-state index < -0.39 is 29.2 Å². The number of amides is 2. The van der Waals surface area contributed by atoms with Crippen LogP contribution in [0.1, 0.15) is 11.7 Å². The predicted molar refractivity (Wildman–Crippen MR) is 99.5 cm³/mol. The number of aliphatic carboxylic acids is 1. The van der Waals surface area contributed by atoms with Gasteiger partial charge in [0.15, 0.2) is 5.82 Å². The second-order valence-electron chi connectivity index (χ2n) is 6.22. The Hall–Kier alpha value is -2.87. The molecule has 2 atom stereocenters. The summed E-state index contributed by atoms with van der Waals surface area (Å²) in [6.45, 7) is 1.61. The van der Waals surface area contributed by atoms with Crippen molar-refractivity contribution in [3.8, 4) is 0 Å². The number of nitrogens with one attached hydrogen (secondary N) is 2. The van der Waals surface area contributed by atoms with Gasteiger partial charge >= 0.3 is 5.97 Å². The fourth-order valence-corrected chi connectivity index (χ4v) is 5.27. The van der Waals surface area contributed by atoms with Gasteiger partial charge in [-0.05, 0) is 5.57 Å². The van der Waals surface area contributed by atoms with E-state index in [2.05, 4.69) is 30.9 Å². The molecule has 0 bridgehead atoms. The number of carbonyl (C=O) groups excluding carboxylic acids is 2. The maximum Gasteiger partial charge on any atom is 0.352 e. The average Bonchev–Trinajstić information content (AvgIpc) is 3.35. The summed E-state index contributed by atoms with van der Waals surface area (Å²) in [5, 5.41) is 26.2. The van der Waals surface area contributed by atoms with Gasteiger partial charge in [-0.25, -0.2) is 4.79 Å². The number of rotatable bonds is 7. The Balaban J connectivity index is 1.43. The van der Waals surface area contributed by atoms with Crippen molar-refractivity contribution in [1.82, 2.24) is 35.8 Å². The van der Waals surface area contributed by atoms with Gasteiger partial charge in [0.2, 0.25) is 11.8 Å². The van der Waals surface area contributed by atoms with Gasteiger partial charge in [-0.3, -0.25) is 14.5 Å². The number of fused-ring (bicyclic) bond motifs is 1. The van der Waals surface area contributed by atoms with E-state index in [9.17, 15) is 19.5 Å². The highest BCUT2D eigenvalue weighted by Gasteiger charge is 2.54. The third-order valence-corrected chi connectivity index (χ3v) is 6.57. The van der Waals surface area contributed by atoms with Crippen molar-refractivity contribution in [2.45, 2.75) is 29.8 Å². The summed E-state index contributed by atoms with van der Waals surface area (Å²) in [6, 6.07) is -0.792. The van der Waals surface area contributed by atoms with Gasteiger partial charge in [0.05, 0.1) is 12.6 Å². The number of thioether (sulfide) groups is 2. The Morgan fingerprint density at radius 1 is 1.52 bits per heavy atom. The minimum Gasteiger partial charge on any atom is -0.477 e. The van der Waals surface area contributed by atoms with Crippen LogP contribution in [0, 0.1) is 6.92 Å². The van der Waals surface area contributed by atoms with Crippen molar-refractivity contribution in [3.63, 3.8) is 0 Å². The van der Waals surface area contributed by atoms with Gasteiger partial charge in [0.1, 0.15) is 22.1 Å². The van der Waals surface area contributed by atoms with Gasteiger partial charge < -0.3 is 14.9 Å². The van der Waals surface area contributed by atoms with Crippen molar-refractivity contribution in [2.24, 2.45) is 0 Å². The molecule has 2 aromatic heterocycles. The van der Waals surface area contributed by atoms with Gasteiger partial charge in [0.25, 0.3) is 5.91 Å². The number of carboxylic acid groups (broad SMARTS) is 1. The topological polar surface area (TPSA) is 167 Å². The molecule has 2 unspecified atom stereocenters. The number of aryl methyl sites for hydroxylation is 1. The summed E-state index contributed by atoms with van der Waals surface area (Å²) in [5.74, 6) is -0.708. The predicted octanol–water partition coefficient (Wildman–Crippen LogP) is -0.430. The molecule has 152 valence electrons. The van der Waals surface area contributed by atoms with Crippen molar-refractivity contribution in [3.05, 3.63) is 29.2 Å². The van der Waals surface area contributed by atoms with Gasteiger partial charge in [0, 0.05) is 18.4 Å². The second-order valence-corrected chi connectivity index (χ2v) is 8.32. The molecule has 3 N–H and O–H groups in total. The first-order chi connectivity index (χ1) is 13.9. The normalized spacial score (nSPS) is 21.0. The first kappa shape index (κ1) is 19.4. The van der Waals surface area contributed by atoms with E-state index in [0.29, 0.717) is 28.0 Å². The molecule has 2 amide bonds. The molecule has 0 radical (unpaired) electrons. The van der Waals surface area contributed by atoms with E-state index in [0.717, 1.165) is 0 Å². The SMILES string of the molecule is Cc1nc(CC(=O)NC2C(=O)N3C(C(=O)O)=C(CSc4cn[nH]n4)CSC23)no1. The number of aromatic nitrogens is 5. The Labute approximate surface area is 171 Å². The van der Waals surface area contributed by atoms with Crippen molar-refractivity contribution < 1.29 is 24.0 Å². The monoisotopic (exact) mass is 437 g/mol. The molecule has 14 heteroatoms. The average molecular weight is 437 g/mol. The van der Waals surface area contributed by atoms with Crippen LogP contribution < -0.4 is 5.32 Å². The number of carbonyl (C=O) groups is 3. The molecule has 0 aliphatic carbocycles. The molecule has 1 fully saturated rings. The molecule has 0 aromatic carbocycles. The molecule has 2 aliphatic rings. The van der Waals surface area contributed by atoms with E-state index in [-0.39, 0.29) is 17.9 Å². The van der Waals surface area contributed by atoms with Crippen LogP contribution in [0.3, 0.4) is 0 Å². The molecule has 12 nitrogen and oxygen atoms in total. The van der Waals surface area contributed by atoms with Crippen LogP contribution >= 0.6 is 23.5 Å². The summed E-state index contributed by atoms with van der Waals surface area (Å²) in [4.78, 5) is 41.8. The Morgan fingerprint density at radius 3 is 3.00 bits per heavy atom. The van der Waals surface area contributed by atoms with Crippen molar-refractivity contribution >= 4 is 41.3 Å². The van der Waals surface area contributed by atoms with Crippen LogP contribution in [0.15, 0.2) is 27.0 Å². The summed E-state index contributed by atoms with van der Waals surface area (Å²) in [7, 11) is 0. The molecule has 4 rings (SSSR count). The quantitative estimate of drug-likeness (QED) is 0.380. The second kappa shape index (κ2) is 7.87.